The lowest BCUT2D eigenvalue weighted by Crippen LogP contribution is -2.54. The van der Waals surface area contributed by atoms with Crippen molar-refractivity contribution < 1.29 is 9.53 Å². The number of nitrogens with one attached hydrogen (secondary N) is 2. The molecule has 24 heavy (non-hydrogen) atoms. The standard InChI is InChI=1S/C14H22N8O2/c1-21(2)13(23)8-14(12-10-16-20-18-12,7-11-9-15-19-17-11)22-3-5-24-6-4-22/h9-10H,3-8H2,1-2H3,(H,15,17,19)(H,16,18,20). The van der Waals surface area contributed by atoms with Gasteiger partial charge in [-0.3, -0.25) is 9.69 Å². The Morgan fingerprint density at radius 1 is 1.25 bits per heavy atom. The molecule has 2 N–H and O–H groups in total. The predicted molar refractivity (Wildman–Crippen MR) is 83.9 cm³/mol. The van der Waals surface area contributed by atoms with Gasteiger partial charge in [-0.15, -0.1) is 0 Å². The summed E-state index contributed by atoms with van der Waals surface area (Å²) in [5.41, 5.74) is 0.855. The van der Waals surface area contributed by atoms with E-state index in [2.05, 4.69) is 35.7 Å². The maximum atomic E-state index is 12.6. The molecule has 1 aliphatic heterocycles. The monoisotopic (exact) mass is 334 g/mol. The number of carbonyl (C=O) groups excluding carboxylic acids is 1. The lowest BCUT2D eigenvalue weighted by Gasteiger charge is -2.44. The van der Waals surface area contributed by atoms with Gasteiger partial charge in [0.25, 0.3) is 0 Å². The number of hydrogen-bond donors (Lipinski definition) is 2. The Hall–Kier alpha value is -2.33. The van der Waals surface area contributed by atoms with Gasteiger partial charge in [0.15, 0.2) is 0 Å². The summed E-state index contributed by atoms with van der Waals surface area (Å²) in [7, 11) is 3.51. The Balaban J connectivity index is 2.02. The van der Waals surface area contributed by atoms with Crippen molar-refractivity contribution >= 4 is 5.91 Å². The number of rotatable bonds is 6. The molecular formula is C14H22N8O2. The first-order valence-corrected chi connectivity index (χ1v) is 7.86. The Labute approximate surface area is 139 Å². The molecule has 3 rings (SSSR count). The van der Waals surface area contributed by atoms with E-state index < -0.39 is 5.54 Å². The van der Waals surface area contributed by atoms with Gasteiger partial charge in [0.1, 0.15) is 5.69 Å². The van der Waals surface area contributed by atoms with E-state index in [1.54, 1.807) is 31.4 Å². The number of nitrogens with zero attached hydrogens (tertiary/aromatic N) is 6. The van der Waals surface area contributed by atoms with E-state index in [0.29, 0.717) is 32.7 Å². The van der Waals surface area contributed by atoms with Crippen LogP contribution in [0.4, 0.5) is 0 Å². The highest BCUT2D eigenvalue weighted by Gasteiger charge is 2.44. The molecule has 1 amide bonds. The zero-order valence-electron chi connectivity index (χ0n) is 13.9. The summed E-state index contributed by atoms with van der Waals surface area (Å²) in [6.45, 7) is 2.67. The zero-order valence-corrected chi connectivity index (χ0v) is 13.9. The first-order valence-electron chi connectivity index (χ1n) is 7.86. The summed E-state index contributed by atoms with van der Waals surface area (Å²) >= 11 is 0. The lowest BCUT2D eigenvalue weighted by atomic mass is 9.83. The number of carbonyl (C=O) groups is 1. The van der Waals surface area contributed by atoms with E-state index in [4.69, 9.17) is 4.74 Å². The van der Waals surface area contributed by atoms with Gasteiger partial charge in [-0.2, -0.15) is 30.8 Å². The predicted octanol–water partition coefficient (Wildman–Crippen LogP) is -0.829. The number of H-pyrrole nitrogens is 2. The Morgan fingerprint density at radius 2 is 1.96 bits per heavy atom. The molecule has 130 valence electrons. The van der Waals surface area contributed by atoms with E-state index in [9.17, 15) is 4.79 Å². The van der Waals surface area contributed by atoms with Crippen LogP contribution < -0.4 is 0 Å². The average molecular weight is 334 g/mol. The molecule has 0 aliphatic carbocycles. The molecule has 1 saturated heterocycles. The number of ether oxygens (including phenoxy) is 1. The summed E-state index contributed by atoms with van der Waals surface area (Å²) in [4.78, 5) is 16.4. The smallest absolute Gasteiger partial charge is 0.224 e. The van der Waals surface area contributed by atoms with E-state index in [0.717, 1.165) is 11.4 Å². The summed E-state index contributed by atoms with van der Waals surface area (Å²) in [5, 5.41) is 21.6. The van der Waals surface area contributed by atoms with Gasteiger partial charge in [-0.05, 0) is 0 Å². The maximum Gasteiger partial charge on any atom is 0.224 e. The van der Waals surface area contributed by atoms with Crippen molar-refractivity contribution in [1.29, 1.82) is 0 Å². The highest BCUT2D eigenvalue weighted by atomic mass is 16.5. The molecular weight excluding hydrogens is 312 g/mol. The Morgan fingerprint density at radius 3 is 2.54 bits per heavy atom. The molecule has 3 heterocycles. The fourth-order valence-electron chi connectivity index (χ4n) is 3.06. The summed E-state index contributed by atoms with van der Waals surface area (Å²) in [6, 6.07) is 0. The molecule has 2 aromatic heterocycles. The molecule has 0 saturated carbocycles. The van der Waals surface area contributed by atoms with Crippen LogP contribution in [0.5, 0.6) is 0 Å². The molecule has 2 aromatic rings. The van der Waals surface area contributed by atoms with E-state index in [-0.39, 0.29) is 12.3 Å². The van der Waals surface area contributed by atoms with Gasteiger partial charge >= 0.3 is 0 Å². The number of hydrogen-bond acceptors (Lipinski definition) is 7. The number of morpholine rings is 1. The van der Waals surface area contributed by atoms with Gasteiger partial charge in [-0.25, -0.2) is 0 Å². The van der Waals surface area contributed by atoms with Crippen LogP contribution in [0.3, 0.4) is 0 Å². The van der Waals surface area contributed by atoms with E-state index in [1.165, 1.54) is 0 Å². The average Bonchev–Trinajstić information content (AvgIpc) is 3.28. The van der Waals surface area contributed by atoms with Gasteiger partial charge in [0, 0.05) is 33.6 Å². The van der Waals surface area contributed by atoms with Crippen molar-refractivity contribution in [2.45, 2.75) is 18.4 Å². The minimum Gasteiger partial charge on any atom is -0.379 e. The Bertz CT molecular complexity index is 636. The number of aromatic amines is 2. The van der Waals surface area contributed by atoms with Gasteiger partial charge in [0.2, 0.25) is 5.91 Å². The minimum absolute atomic E-state index is 0.0213. The maximum absolute atomic E-state index is 12.6. The van der Waals surface area contributed by atoms with Crippen molar-refractivity contribution in [1.82, 2.24) is 40.6 Å². The largest absolute Gasteiger partial charge is 0.379 e. The van der Waals surface area contributed by atoms with Crippen molar-refractivity contribution in [3.63, 3.8) is 0 Å². The van der Waals surface area contributed by atoms with Crippen LogP contribution in [-0.2, 0) is 21.5 Å². The lowest BCUT2D eigenvalue weighted by molar-refractivity contribution is -0.133. The van der Waals surface area contributed by atoms with Crippen molar-refractivity contribution in [3.05, 3.63) is 23.8 Å². The second kappa shape index (κ2) is 7.05. The molecule has 0 aromatic carbocycles. The normalized spacial score (nSPS) is 18.2. The molecule has 0 spiro atoms. The fourth-order valence-corrected chi connectivity index (χ4v) is 3.06. The second-order valence-electron chi connectivity index (χ2n) is 6.09. The quantitative estimate of drug-likeness (QED) is 0.708. The molecule has 0 bridgehead atoms. The van der Waals surface area contributed by atoms with Crippen LogP contribution in [0.1, 0.15) is 17.8 Å². The van der Waals surface area contributed by atoms with Gasteiger partial charge in [-0.1, -0.05) is 0 Å². The summed E-state index contributed by atoms with van der Waals surface area (Å²) < 4.78 is 5.48. The highest BCUT2D eigenvalue weighted by molar-refractivity contribution is 5.77. The fraction of sp³-hybridized carbons (Fsp3) is 0.643. The number of aromatic nitrogens is 6. The molecule has 1 aliphatic rings. The third-order valence-corrected chi connectivity index (χ3v) is 4.39. The second-order valence-corrected chi connectivity index (χ2v) is 6.09. The summed E-state index contributed by atoms with van der Waals surface area (Å²) in [5.74, 6) is 0.0213. The number of amides is 1. The third-order valence-electron chi connectivity index (χ3n) is 4.39. The van der Waals surface area contributed by atoms with Crippen LogP contribution in [0.15, 0.2) is 12.4 Å². The molecule has 0 radical (unpaired) electrons. The van der Waals surface area contributed by atoms with Crippen LogP contribution >= 0.6 is 0 Å². The molecule has 10 nitrogen and oxygen atoms in total. The van der Waals surface area contributed by atoms with Crippen LogP contribution in [-0.4, -0.2) is 86.9 Å². The minimum atomic E-state index is -0.644. The molecule has 10 heteroatoms. The topological polar surface area (TPSA) is 116 Å². The molecule has 1 unspecified atom stereocenters. The zero-order chi connectivity index (χ0) is 17.0. The first-order chi connectivity index (χ1) is 11.6. The first kappa shape index (κ1) is 16.5. The summed E-state index contributed by atoms with van der Waals surface area (Å²) in [6.07, 6.45) is 4.14. The SMILES string of the molecule is CN(C)C(=O)CC(Cc1cn[nH]n1)(c1cn[nH]n1)N1CCOCC1. The van der Waals surface area contributed by atoms with Gasteiger partial charge < -0.3 is 9.64 Å². The van der Waals surface area contributed by atoms with Crippen molar-refractivity contribution in [2.75, 3.05) is 40.4 Å². The van der Waals surface area contributed by atoms with E-state index in [1.807, 2.05) is 0 Å². The highest BCUT2D eigenvalue weighted by Crippen LogP contribution is 2.35. The van der Waals surface area contributed by atoms with Gasteiger partial charge in [0.05, 0.1) is 43.3 Å². The Kier molecular flexibility index (Phi) is 4.86. The van der Waals surface area contributed by atoms with Crippen molar-refractivity contribution in [2.24, 2.45) is 0 Å². The van der Waals surface area contributed by atoms with Crippen LogP contribution in [0.25, 0.3) is 0 Å². The molecule has 1 atom stereocenters. The van der Waals surface area contributed by atoms with Crippen LogP contribution in [0, 0.1) is 0 Å². The van der Waals surface area contributed by atoms with E-state index >= 15 is 0 Å². The molecule has 1 fully saturated rings. The van der Waals surface area contributed by atoms with Crippen molar-refractivity contribution in [3.8, 4) is 0 Å². The van der Waals surface area contributed by atoms with Crippen LogP contribution in [0.2, 0.25) is 0 Å². The third kappa shape index (κ3) is 3.29.